The van der Waals surface area contributed by atoms with Crippen LogP contribution in [0.15, 0.2) is 24.3 Å². The Balaban J connectivity index is 2.15. The van der Waals surface area contributed by atoms with Gasteiger partial charge in [-0.05, 0) is 42.4 Å². The first-order valence-electron chi connectivity index (χ1n) is 6.57. The predicted molar refractivity (Wildman–Crippen MR) is 66.6 cm³/mol. The number of fused-ring (bicyclic) bond motifs is 1. The highest BCUT2D eigenvalue weighted by Gasteiger charge is 2.36. The standard InChI is InChI=1S/C15H24/c1-4-12-9-13-7-5-6-8-14(13)15(10-12)11(2)3/h5-8,11-15H,4,9-10H2,1-3H3. The lowest BCUT2D eigenvalue weighted by atomic mass is 9.63. The highest BCUT2D eigenvalue weighted by molar-refractivity contribution is 5.17. The molecule has 0 aliphatic heterocycles. The fraction of sp³-hybridized carbons (Fsp3) is 0.733. The minimum Gasteiger partial charge on any atom is -0.0808 e. The Morgan fingerprint density at radius 3 is 2.53 bits per heavy atom. The Labute approximate surface area is 94.5 Å². The van der Waals surface area contributed by atoms with Crippen LogP contribution in [0.4, 0.5) is 0 Å². The van der Waals surface area contributed by atoms with Gasteiger partial charge in [0.15, 0.2) is 0 Å². The fourth-order valence-corrected chi connectivity index (χ4v) is 3.44. The monoisotopic (exact) mass is 204 g/mol. The summed E-state index contributed by atoms with van der Waals surface area (Å²) in [6.07, 6.45) is 13.6. The van der Waals surface area contributed by atoms with Crippen molar-refractivity contribution in [3.8, 4) is 0 Å². The summed E-state index contributed by atoms with van der Waals surface area (Å²) >= 11 is 0. The van der Waals surface area contributed by atoms with Gasteiger partial charge in [-0.25, -0.2) is 0 Å². The Morgan fingerprint density at radius 1 is 1.13 bits per heavy atom. The molecule has 15 heavy (non-hydrogen) atoms. The molecule has 0 heterocycles. The smallest absolute Gasteiger partial charge is 0.0136 e. The van der Waals surface area contributed by atoms with Gasteiger partial charge in [-0.3, -0.25) is 0 Å². The average Bonchev–Trinajstić information content (AvgIpc) is 2.27. The molecule has 0 saturated heterocycles. The van der Waals surface area contributed by atoms with Gasteiger partial charge in [0.25, 0.3) is 0 Å². The minimum absolute atomic E-state index is 0.831. The Bertz CT molecular complexity index is 259. The van der Waals surface area contributed by atoms with E-state index in [0.717, 1.165) is 29.6 Å². The van der Waals surface area contributed by atoms with Crippen molar-refractivity contribution in [1.82, 2.24) is 0 Å². The first-order chi connectivity index (χ1) is 7.22. The van der Waals surface area contributed by atoms with Crippen LogP contribution < -0.4 is 0 Å². The summed E-state index contributed by atoms with van der Waals surface area (Å²) in [5.41, 5.74) is 0. The van der Waals surface area contributed by atoms with Crippen molar-refractivity contribution < 1.29 is 0 Å². The van der Waals surface area contributed by atoms with Crippen LogP contribution in [-0.2, 0) is 0 Å². The van der Waals surface area contributed by atoms with Crippen LogP contribution in [0.3, 0.4) is 0 Å². The van der Waals surface area contributed by atoms with E-state index in [-0.39, 0.29) is 0 Å². The van der Waals surface area contributed by atoms with Crippen LogP contribution in [0.5, 0.6) is 0 Å². The van der Waals surface area contributed by atoms with Crippen LogP contribution >= 0.6 is 0 Å². The van der Waals surface area contributed by atoms with Crippen molar-refractivity contribution in [2.45, 2.75) is 40.0 Å². The molecule has 0 aromatic heterocycles. The van der Waals surface area contributed by atoms with Gasteiger partial charge in [-0.15, -0.1) is 0 Å². The van der Waals surface area contributed by atoms with Crippen molar-refractivity contribution in [3.05, 3.63) is 24.3 Å². The fourth-order valence-electron chi connectivity index (χ4n) is 3.44. The summed E-state index contributed by atoms with van der Waals surface area (Å²) in [5, 5.41) is 0. The Hall–Kier alpha value is -0.520. The molecule has 1 fully saturated rings. The molecule has 2 rings (SSSR count). The van der Waals surface area contributed by atoms with Crippen LogP contribution in [0.25, 0.3) is 0 Å². The third-order valence-corrected chi connectivity index (χ3v) is 4.44. The molecule has 0 aromatic rings. The maximum absolute atomic E-state index is 2.46. The normalized spacial score (nSPS) is 39.5. The molecule has 4 unspecified atom stereocenters. The van der Waals surface area contributed by atoms with E-state index >= 15 is 0 Å². The SMILES string of the molecule is CCC1CC2C=CC=CC2C(C(C)C)C1. The lowest BCUT2D eigenvalue weighted by molar-refractivity contribution is 0.124. The van der Waals surface area contributed by atoms with Crippen molar-refractivity contribution in [1.29, 1.82) is 0 Å². The highest BCUT2D eigenvalue weighted by Crippen LogP contribution is 2.45. The molecular weight excluding hydrogens is 180 g/mol. The molecule has 2 aliphatic rings. The second-order valence-electron chi connectivity index (χ2n) is 5.66. The molecule has 1 saturated carbocycles. The summed E-state index contributed by atoms with van der Waals surface area (Å²) < 4.78 is 0. The van der Waals surface area contributed by atoms with E-state index in [1.54, 1.807) is 0 Å². The third-order valence-electron chi connectivity index (χ3n) is 4.44. The molecular formula is C15H24. The van der Waals surface area contributed by atoms with E-state index in [4.69, 9.17) is 0 Å². The first kappa shape index (κ1) is 11.0. The van der Waals surface area contributed by atoms with Crippen LogP contribution in [0.1, 0.15) is 40.0 Å². The Kier molecular flexibility index (Phi) is 3.33. The molecule has 0 heteroatoms. The number of allylic oxidation sites excluding steroid dienone is 4. The summed E-state index contributed by atoms with van der Waals surface area (Å²) in [4.78, 5) is 0. The van der Waals surface area contributed by atoms with Crippen LogP contribution in [-0.4, -0.2) is 0 Å². The van der Waals surface area contributed by atoms with Gasteiger partial charge >= 0.3 is 0 Å². The minimum atomic E-state index is 0.831. The molecule has 0 radical (unpaired) electrons. The van der Waals surface area contributed by atoms with Crippen LogP contribution in [0.2, 0.25) is 0 Å². The highest BCUT2D eigenvalue weighted by atomic mass is 14.4. The van der Waals surface area contributed by atoms with Gasteiger partial charge < -0.3 is 0 Å². The molecule has 0 spiro atoms. The zero-order chi connectivity index (χ0) is 10.8. The van der Waals surface area contributed by atoms with E-state index in [1.807, 2.05) is 0 Å². The summed E-state index contributed by atoms with van der Waals surface area (Å²) in [5.74, 6) is 4.38. The zero-order valence-electron chi connectivity index (χ0n) is 10.3. The van der Waals surface area contributed by atoms with E-state index in [9.17, 15) is 0 Å². The van der Waals surface area contributed by atoms with Gasteiger partial charge in [0.2, 0.25) is 0 Å². The molecule has 4 atom stereocenters. The zero-order valence-corrected chi connectivity index (χ0v) is 10.3. The van der Waals surface area contributed by atoms with Gasteiger partial charge in [-0.1, -0.05) is 51.5 Å². The van der Waals surface area contributed by atoms with E-state index in [0.29, 0.717) is 0 Å². The lowest BCUT2D eigenvalue weighted by Gasteiger charge is -2.42. The van der Waals surface area contributed by atoms with E-state index in [1.165, 1.54) is 19.3 Å². The predicted octanol–water partition coefficient (Wildman–Crippen LogP) is 4.44. The largest absolute Gasteiger partial charge is 0.0808 e. The van der Waals surface area contributed by atoms with Gasteiger partial charge in [0.1, 0.15) is 0 Å². The van der Waals surface area contributed by atoms with Gasteiger partial charge in [0, 0.05) is 0 Å². The summed E-state index contributed by atoms with van der Waals surface area (Å²) in [6.45, 7) is 7.14. The average molecular weight is 204 g/mol. The maximum Gasteiger partial charge on any atom is -0.0136 e. The van der Waals surface area contributed by atoms with Gasteiger partial charge in [0.05, 0.1) is 0 Å². The van der Waals surface area contributed by atoms with E-state index < -0.39 is 0 Å². The molecule has 0 N–H and O–H groups in total. The molecule has 0 amide bonds. The number of rotatable bonds is 2. The summed E-state index contributed by atoms with van der Waals surface area (Å²) in [6, 6.07) is 0. The van der Waals surface area contributed by atoms with Crippen molar-refractivity contribution in [3.63, 3.8) is 0 Å². The second-order valence-corrected chi connectivity index (χ2v) is 5.66. The molecule has 0 aromatic carbocycles. The summed E-state index contributed by atoms with van der Waals surface area (Å²) in [7, 11) is 0. The van der Waals surface area contributed by atoms with Crippen LogP contribution in [0, 0.1) is 29.6 Å². The van der Waals surface area contributed by atoms with E-state index in [2.05, 4.69) is 45.1 Å². The molecule has 2 aliphatic carbocycles. The number of hydrogen-bond donors (Lipinski definition) is 0. The molecule has 0 nitrogen and oxygen atoms in total. The third kappa shape index (κ3) is 2.19. The Morgan fingerprint density at radius 2 is 1.87 bits per heavy atom. The topological polar surface area (TPSA) is 0 Å². The van der Waals surface area contributed by atoms with Crippen molar-refractivity contribution in [2.24, 2.45) is 29.6 Å². The van der Waals surface area contributed by atoms with Gasteiger partial charge in [-0.2, -0.15) is 0 Å². The molecule has 0 bridgehead atoms. The quantitative estimate of drug-likeness (QED) is 0.624. The second kappa shape index (κ2) is 4.55. The molecule has 84 valence electrons. The lowest BCUT2D eigenvalue weighted by Crippen LogP contribution is -2.34. The maximum atomic E-state index is 2.46. The first-order valence-corrected chi connectivity index (χ1v) is 6.57. The van der Waals surface area contributed by atoms with Crippen molar-refractivity contribution in [2.75, 3.05) is 0 Å². The number of hydrogen-bond acceptors (Lipinski definition) is 0. The van der Waals surface area contributed by atoms with Crippen molar-refractivity contribution >= 4 is 0 Å².